The van der Waals surface area contributed by atoms with E-state index in [4.69, 9.17) is 5.73 Å². The molecule has 2 aromatic rings. The summed E-state index contributed by atoms with van der Waals surface area (Å²) < 4.78 is 26.0. The third kappa shape index (κ3) is 3.49. The van der Waals surface area contributed by atoms with Crippen LogP contribution in [0.2, 0.25) is 0 Å². The van der Waals surface area contributed by atoms with Crippen LogP contribution in [0, 0.1) is 0 Å². The Bertz CT molecular complexity index is 682. The van der Waals surface area contributed by atoms with E-state index >= 15 is 0 Å². The van der Waals surface area contributed by atoms with Gasteiger partial charge in [0.1, 0.15) is 0 Å². The van der Waals surface area contributed by atoms with Crippen LogP contribution in [0.3, 0.4) is 0 Å². The number of nitrogen functional groups attached to an aromatic ring is 1. The molecule has 2 rings (SSSR count). The average molecular weight is 291 g/mol. The summed E-state index contributed by atoms with van der Waals surface area (Å²) in [5, 5.41) is 3.16. The summed E-state index contributed by atoms with van der Waals surface area (Å²) in [6.07, 6.45) is 0. The van der Waals surface area contributed by atoms with Crippen molar-refractivity contribution in [2.24, 2.45) is 0 Å². The molecule has 0 aromatic heterocycles. The van der Waals surface area contributed by atoms with E-state index in [9.17, 15) is 8.42 Å². The molecule has 5 nitrogen and oxygen atoms in total. The number of benzene rings is 2. The molecule has 0 aliphatic carbocycles. The lowest BCUT2D eigenvalue weighted by molar-refractivity contribution is 0.584. The van der Waals surface area contributed by atoms with Gasteiger partial charge in [-0.25, -0.2) is 13.1 Å². The molecule has 0 atom stereocenters. The van der Waals surface area contributed by atoms with Gasteiger partial charge in [-0.2, -0.15) is 0 Å². The molecule has 0 amide bonds. The van der Waals surface area contributed by atoms with Crippen LogP contribution >= 0.6 is 0 Å². The lowest BCUT2D eigenvalue weighted by Gasteiger charge is -2.09. The van der Waals surface area contributed by atoms with Crippen molar-refractivity contribution in [3.8, 4) is 0 Å². The van der Waals surface area contributed by atoms with E-state index in [0.29, 0.717) is 12.2 Å². The van der Waals surface area contributed by atoms with E-state index in [0.717, 1.165) is 11.4 Å². The molecular weight excluding hydrogens is 274 g/mol. The van der Waals surface area contributed by atoms with Crippen molar-refractivity contribution in [2.75, 3.05) is 17.6 Å². The summed E-state index contributed by atoms with van der Waals surface area (Å²) >= 11 is 0. The summed E-state index contributed by atoms with van der Waals surface area (Å²) in [6.45, 7) is 2.11. The molecule has 2 aromatic carbocycles. The Labute approximate surface area is 118 Å². The largest absolute Gasteiger partial charge is 0.399 e. The average Bonchev–Trinajstić information content (AvgIpc) is 2.39. The molecule has 6 heteroatoms. The highest BCUT2D eigenvalue weighted by Gasteiger charge is 2.11. The van der Waals surface area contributed by atoms with Crippen LogP contribution in [0.1, 0.15) is 6.92 Å². The van der Waals surface area contributed by atoms with Crippen LogP contribution in [0.5, 0.6) is 0 Å². The van der Waals surface area contributed by atoms with Gasteiger partial charge in [0.2, 0.25) is 10.0 Å². The number of nitrogens with two attached hydrogens (primary N) is 1. The van der Waals surface area contributed by atoms with Crippen molar-refractivity contribution in [3.05, 3.63) is 48.5 Å². The molecule has 0 heterocycles. The fraction of sp³-hybridized carbons (Fsp3) is 0.143. The Morgan fingerprint density at radius 2 is 1.75 bits per heavy atom. The van der Waals surface area contributed by atoms with Gasteiger partial charge in [-0.15, -0.1) is 0 Å². The summed E-state index contributed by atoms with van der Waals surface area (Å²) in [5.74, 6) is 0. The molecule has 0 aliphatic heterocycles. The van der Waals surface area contributed by atoms with Crippen molar-refractivity contribution in [1.29, 1.82) is 0 Å². The van der Waals surface area contributed by atoms with E-state index < -0.39 is 10.0 Å². The smallest absolute Gasteiger partial charge is 0.240 e. The number of hydrogen-bond acceptors (Lipinski definition) is 4. The number of rotatable bonds is 5. The van der Waals surface area contributed by atoms with Crippen molar-refractivity contribution < 1.29 is 8.42 Å². The highest BCUT2D eigenvalue weighted by Crippen LogP contribution is 2.20. The Hall–Kier alpha value is -2.05. The van der Waals surface area contributed by atoms with Gasteiger partial charge < -0.3 is 11.1 Å². The molecule has 0 unspecified atom stereocenters. The Morgan fingerprint density at radius 3 is 2.35 bits per heavy atom. The second-order valence-electron chi connectivity index (χ2n) is 4.28. The minimum Gasteiger partial charge on any atom is -0.399 e. The predicted molar refractivity (Wildman–Crippen MR) is 81.4 cm³/mol. The molecule has 0 saturated heterocycles. The quantitative estimate of drug-likeness (QED) is 0.738. The zero-order chi connectivity index (χ0) is 14.6. The third-order valence-corrected chi connectivity index (χ3v) is 4.24. The fourth-order valence-electron chi connectivity index (χ4n) is 1.77. The first-order valence-corrected chi connectivity index (χ1v) is 7.72. The van der Waals surface area contributed by atoms with Gasteiger partial charge in [0.25, 0.3) is 0 Å². The third-order valence-electron chi connectivity index (χ3n) is 2.67. The maximum atomic E-state index is 11.8. The van der Waals surface area contributed by atoms with E-state index in [-0.39, 0.29) is 4.90 Å². The molecule has 0 aliphatic rings. The summed E-state index contributed by atoms with van der Waals surface area (Å²) in [4.78, 5) is 0.248. The summed E-state index contributed by atoms with van der Waals surface area (Å²) in [5.41, 5.74) is 8.02. The number of sulfonamides is 1. The Morgan fingerprint density at radius 1 is 1.05 bits per heavy atom. The molecular formula is C14H17N3O2S. The van der Waals surface area contributed by atoms with Crippen LogP contribution in [0.25, 0.3) is 0 Å². The maximum absolute atomic E-state index is 11.8. The van der Waals surface area contributed by atoms with Crippen molar-refractivity contribution in [2.45, 2.75) is 11.8 Å². The van der Waals surface area contributed by atoms with E-state index in [1.54, 1.807) is 37.3 Å². The summed E-state index contributed by atoms with van der Waals surface area (Å²) in [7, 11) is -3.40. The normalized spacial score (nSPS) is 11.2. The SMILES string of the molecule is CCNS(=O)(=O)c1ccc(Nc2cccc(N)c2)cc1. The molecule has 0 radical (unpaired) electrons. The van der Waals surface area contributed by atoms with Crippen molar-refractivity contribution in [3.63, 3.8) is 0 Å². The van der Waals surface area contributed by atoms with Gasteiger partial charge in [0.15, 0.2) is 0 Å². The first-order valence-electron chi connectivity index (χ1n) is 6.23. The maximum Gasteiger partial charge on any atom is 0.240 e. The molecule has 20 heavy (non-hydrogen) atoms. The van der Waals surface area contributed by atoms with Crippen LogP contribution in [-0.4, -0.2) is 15.0 Å². The molecule has 4 N–H and O–H groups in total. The first kappa shape index (κ1) is 14.4. The number of anilines is 3. The van der Waals surface area contributed by atoms with Crippen LogP contribution in [0.15, 0.2) is 53.4 Å². The zero-order valence-corrected chi connectivity index (χ0v) is 11.9. The zero-order valence-electron chi connectivity index (χ0n) is 11.1. The molecule has 0 bridgehead atoms. The highest BCUT2D eigenvalue weighted by atomic mass is 32.2. The van der Waals surface area contributed by atoms with Crippen molar-refractivity contribution >= 4 is 27.1 Å². The molecule has 0 fully saturated rings. The van der Waals surface area contributed by atoms with E-state index in [1.807, 2.05) is 18.2 Å². The second kappa shape index (κ2) is 5.94. The lowest BCUT2D eigenvalue weighted by Crippen LogP contribution is -2.22. The van der Waals surface area contributed by atoms with Crippen LogP contribution in [0.4, 0.5) is 17.1 Å². The molecule has 0 spiro atoms. The van der Waals surface area contributed by atoms with E-state index in [1.165, 1.54) is 0 Å². The van der Waals surface area contributed by atoms with Gasteiger partial charge >= 0.3 is 0 Å². The minimum atomic E-state index is -3.40. The summed E-state index contributed by atoms with van der Waals surface area (Å²) in [6, 6.07) is 13.9. The monoisotopic (exact) mass is 291 g/mol. The predicted octanol–water partition coefficient (Wildman–Crippen LogP) is 2.31. The number of hydrogen-bond donors (Lipinski definition) is 3. The van der Waals surface area contributed by atoms with E-state index in [2.05, 4.69) is 10.0 Å². The van der Waals surface area contributed by atoms with Gasteiger partial charge in [0.05, 0.1) is 4.90 Å². The molecule has 0 saturated carbocycles. The number of nitrogens with one attached hydrogen (secondary N) is 2. The van der Waals surface area contributed by atoms with Gasteiger partial charge in [-0.1, -0.05) is 13.0 Å². The lowest BCUT2D eigenvalue weighted by atomic mass is 10.2. The topological polar surface area (TPSA) is 84.2 Å². The Balaban J connectivity index is 2.17. The van der Waals surface area contributed by atoms with Crippen LogP contribution in [-0.2, 0) is 10.0 Å². The van der Waals surface area contributed by atoms with Crippen LogP contribution < -0.4 is 15.8 Å². The molecule has 106 valence electrons. The second-order valence-corrected chi connectivity index (χ2v) is 6.04. The van der Waals surface area contributed by atoms with Gasteiger partial charge in [0, 0.05) is 23.6 Å². The standard InChI is InChI=1S/C14H17N3O2S/c1-2-16-20(18,19)14-8-6-12(7-9-14)17-13-5-3-4-11(15)10-13/h3-10,16-17H,2,15H2,1H3. The fourth-order valence-corrected chi connectivity index (χ4v) is 2.81. The van der Waals surface area contributed by atoms with Gasteiger partial charge in [-0.05, 0) is 42.5 Å². The minimum absolute atomic E-state index is 0.248. The van der Waals surface area contributed by atoms with Crippen molar-refractivity contribution in [1.82, 2.24) is 4.72 Å². The first-order chi connectivity index (χ1) is 9.51. The highest BCUT2D eigenvalue weighted by molar-refractivity contribution is 7.89. The Kier molecular flexibility index (Phi) is 4.26. The van der Waals surface area contributed by atoms with Gasteiger partial charge in [-0.3, -0.25) is 0 Å².